The van der Waals surface area contributed by atoms with Gasteiger partial charge in [-0.05, 0) is 54.7 Å². The third kappa shape index (κ3) is 4.33. The van der Waals surface area contributed by atoms with E-state index in [2.05, 4.69) is 37.0 Å². The normalized spacial score (nSPS) is 19.6. The van der Waals surface area contributed by atoms with Crippen LogP contribution in [0.1, 0.15) is 30.4 Å². The van der Waals surface area contributed by atoms with Gasteiger partial charge in [0.25, 0.3) is 0 Å². The van der Waals surface area contributed by atoms with Gasteiger partial charge in [-0.3, -0.25) is 4.90 Å². The molecule has 0 aliphatic carbocycles. The molecule has 0 amide bonds. The van der Waals surface area contributed by atoms with Crippen molar-refractivity contribution in [2.75, 3.05) is 13.1 Å². The smallest absolute Gasteiger partial charge is 0.115 e. The van der Waals surface area contributed by atoms with Crippen LogP contribution in [0.25, 0.3) is 0 Å². The van der Waals surface area contributed by atoms with Gasteiger partial charge in [0.2, 0.25) is 0 Å². The van der Waals surface area contributed by atoms with E-state index in [0.717, 1.165) is 26.2 Å². The van der Waals surface area contributed by atoms with Gasteiger partial charge in [-0.1, -0.05) is 0 Å². The minimum absolute atomic E-state index is 0.639. The highest BCUT2D eigenvalue weighted by atomic mass is 32.1. The molecule has 21 heavy (non-hydrogen) atoms. The minimum Gasteiger partial charge on any atom is -0.317 e. The SMILES string of the molecule is c1ncc(CN(Cc2ccsc2)[C@@H]2CCCNCC2)cn1. The van der Waals surface area contributed by atoms with E-state index < -0.39 is 0 Å². The van der Waals surface area contributed by atoms with Crippen LogP contribution in [0.15, 0.2) is 35.5 Å². The van der Waals surface area contributed by atoms with Crippen LogP contribution in [-0.2, 0) is 13.1 Å². The second-order valence-corrected chi connectivity index (χ2v) is 6.40. The molecular weight excluding hydrogens is 280 g/mol. The molecule has 2 aromatic rings. The summed E-state index contributed by atoms with van der Waals surface area (Å²) >= 11 is 1.77. The molecular formula is C16H22N4S. The van der Waals surface area contributed by atoms with E-state index in [1.165, 1.54) is 30.4 Å². The van der Waals surface area contributed by atoms with Crippen molar-refractivity contribution >= 4 is 11.3 Å². The van der Waals surface area contributed by atoms with E-state index in [-0.39, 0.29) is 0 Å². The summed E-state index contributed by atoms with van der Waals surface area (Å²) in [5.74, 6) is 0. The predicted molar refractivity (Wildman–Crippen MR) is 86.1 cm³/mol. The maximum atomic E-state index is 4.15. The molecule has 1 saturated heterocycles. The van der Waals surface area contributed by atoms with Crippen LogP contribution in [0.4, 0.5) is 0 Å². The second kappa shape index (κ2) is 7.64. The molecule has 2 aromatic heterocycles. The monoisotopic (exact) mass is 302 g/mol. The van der Waals surface area contributed by atoms with Gasteiger partial charge in [0, 0.05) is 37.1 Å². The Morgan fingerprint density at radius 1 is 1.14 bits per heavy atom. The van der Waals surface area contributed by atoms with Gasteiger partial charge in [0.1, 0.15) is 6.33 Å². The molecule has 0 bridgehead atoms. The second-order valence-electron chi connectivity index (χ2n) is 5.62. The van der Waals surface area contributed by atoms with Crippen molar-refractivity contribution in [3.63, 3.8) is 0 Å². The van der Waals surface area contributed by atoms with Crippen LogP contribution >= 0.6 is 11.3 Å². The Balaban J connectivity index is 1.72. The summed E-state index contributed by atoms with van der Waals surface area (Å²) in [6, 6.07) is 2.87. The van der Waals surface area contributed by atoms with Crippen molar-refractivity contribution < 1.29 is 0 Å². The van der Waals surface area contributed by atoms with Crippen molar-refractivity contribution in [2.24, 2.45) is 0 Å². The van der Waals surface area contributed by atoms with Gasteiger partial charge >= 0.3 is 0 Å². The average Bonchev–Trinajstić information content (AvgIpc) is 2.87. The van der Waals surface area contributed by atoms with Crippen LogP contribution in [-0.4, -0.2) is 34.0 Å². The molecule has 112 valence electrons. The highest BCUT2D eigenvalue weighted by Crippen LogP contribution is 2.20. The third-order valence-electron chi connectivity index (χ3n) is 4.03. The standard InChI is InChI=1S/C16H22N4S/c1-2-16(3-6-17-5-1)20(10-14-4-7-21-12-14)11-15-8-18-13-19-9-15/h4,7-9,12-13,16-17H,1-3,5-6,10-11H2/t16-/m1/s1. The molecule has 1 N–H and O–H groups in total. The summed E-state index contributed by atoms with van der Waals surface area (Å²) in [5.41, 5.74) is 2.61. The molecule has 0 saturated carbocycles. The Kier molecular flexibility index (Phi) is 5.32. The molecule has 3 rings (SSSR count). The van der Waals surface area contributed by atoms with Crippen molar-refractivity contribution in [2.45, 2.75) is 38.4 Å². The number of hydrogen-bond donors (Lipinski definition) is 1. The van der Waals surface area contributed by atoms with Crippen molar-refractivity contribution in [1.29, 1.82) is 0 Å². The van der Waals surface area contributed by atoms with E-state index >= 15 is 0 Å². The Labute approximate surface area is 130 Å². The van der Waals surface area contributed by atoms with Crippen LogP contribution in [0.2, 0.25) is 0 Å². The zero-order valence-electron chi connectivity index (χ0n) is 12.2. The van der Waals surface area contributed by atoms with Gasteiger partial charge in [-0.15, -0.1) is 0 Å². The van der Waals surface area contributed by atoms with Crippen molar-refractivity contribution in [3.05, 3.63) is 46.7 Å². The Morgan fingerprint density at radius 3 is 2.81 bits per heavy atom. The molecule has 1 aliphatic rings. The Morgan fingerprint density at radius 2 is 2.00 bits per heavy atom. The molecule has 5 heteroatoms. The lowest BCUT2D eigenvalue weighted by Crippen LogP contribution is -2.35. The zero-order chi connectivity index (χ0) is 14.3. The fourth-order valence-electron chi connectivity index (χ4n) is 2.94. The lowest BCUT2D eigenvalue weighted by atomic mass is 10.1. The quantitative estimate of drug-likeness (QED) is 0.922. The van der Waals surface area contributed by atoms with Crippen LogP contribution in [0, 0.1) is 0 Å². The molecule has 0 radical (unpaired) electrons. The lowest BCUT2D eigenvalue weighted by molar-refractivity contribution is 0.164. The summed E-state index contributed by atoms with van der Waals surface area (Å²) < 4.78 is 0. The number of thiophene rings is 1. The first-order valence-corrected chi connectivity index (χ1v) is 8.56. The first kappa shape index (κ1) is 14.6. The van der Waals surface area contributed by atoms with Gasteiger partial charge in [0.05, 0.1) is 0 Å². The maximum absolute atomic E-state index is 4.15. The summed E-state index contributed by atoms with van der Waals surface area (Å²) in [4.78, 5) is 10.9. The predicted octanol–water partition coefficient (Wildman–Crippen LogP) is 2.68. The number of hydrogen-bond acceptors (Lipinski definition) is 5. The Hall–Kier alpha value is -1.30. The molecule has 4 nitrogen and oxygen atoms in total. The fourth-order valence-corrected chi connectivity index (χ4v) is 3.60. The molecule has 0 spiro atoms. The zero-order valence-corrected chi connectivity index (χ0v) is 13.1. The summed E-state index contributed by atoms with van der Waals surface area (Å²) in [7, 11) is 0. The topological polar surface area (TPSA) is 41.1 Å². The number of nitrogens with zero attached hydrogens (tertiary/aromatic N) is 3. The summed E-state index contributed by atoms with van der Waals surface area (Å²) in [6.07, 6.45) is 9.21. The minimum atomic E-state index is 0.639. The van der Waals surface area contributed by atoms with Crippen LogP contribution < -0.4 is 5.32 Å². The first-order valence-electron chi connectivity index (χ1n) is 7.61. The van der Waals surface area contributed by atoms with Gasteiger partial charge in [0.15, 0.2) is 0 Å². The number of aromatic nitrogens is 2. The van der Waals surface area contributed by atoms with E-state index in [0.29, 0.717) is 6.04 Å². The van der Waals surface area contributed by atoms with Gasteiger partial charge in [-0.25, -0.2) is 9.97 Å². The van der Waals surface area contributed by atoms with Gasteiger partial charge in [-0.2, -0.15) is 11.3 Å². The lowest BCUT2D eigenvalue weighted by Gasteiger charge is -2.30. The van der Waals surface area contributed by atoms with Crippen molar-refractivity contribution in [1.82, 2.24) is 20.2 Å². The molecule has 3 heterocycles. The van der Waals surface area contributed by atoms with E-state index in [1.54, 1.807) is 17.7 Å². The van der Waals surface area contributed by atoms with E-state index in [9.17, 15) is 0 Å². The number of rotatable bonds is 5. The molecule has 0 unspecified atom stereocenters. The molecule has 1 fully saturated rings. The molecule has 1 aliphatic heterocycles. The van der Waals surface area contributed by atoms with Crippen LogP contribution in [0.3, 0.4) is 0 Å². The highest BCUT2D eigenvalue weighted by Gasteiger charge is 2.20. The van der Waals surface area contributed by atoms with Crippen LogP contribution in [0.5, 0.6) is 0 Å². The summed E-state index contributed by atoms with van der Waals surface area (Å²) in [6.45, 7) is 4.22. The maximum Gasteiger partial charge on any atom is 0.115 e. The van der Waals surface area contributed by atoms with Crippen molar-refractivity contribution in [3.8, 4) is 0 Å². The number of nitrogens with one attached hydrogen (secondary N) is 1. The van der Waals surface area contributed by atoms with E-state index in [1.807, 2.05) is 12.4 Å². The fraction of sp³-hybridized carbons (Fsp3) is 0.500. The summed E-state index contributed by atoms with van der Waals surface area (Å²) in [5, 5.41) is 7.92. The van der Waals surface area contributed by atoms with E-state index in [4.69, 9.17) is 0 Å². The Bertz CT molecular complexity index is 506. The first-order chi connectivity index (χ1) is 10.4. The molecule has 1 atom stereocenters. The largest absolute Gasteiger partial charge is 0.317 e. The third-order valence-corrected chi connectivity index (χ3v) is 4.76. The highest BCUT2D eigenvalue weighted by molar-refractivity contribution is 7.07. The molecule has 0 aromatic carbocycles. The average molecular weight is 302 g/mol. The van der Waals surface area contributed by atoms with Gasteiger partial charge < -0.3 is 5.32 Å².